The van der Waals surface area contributed by atoms with Gasteiger partial charge in [-0.05, 0) is 82.5 Å². The van der Waals surface area contributed by atoms with E-state index in [1.807, 2.05) is 25.1 Å². The highest BCUT2D eigenvalue weighted by molar-refractivity contribution is 5.76. The van der Waals surface area contributed by atoms with Crippen molar-refractivity contribution in [1.82, 2.24) is 9.64 Å². The van der Waals surface area contributed by atoms with E-state index in [-0.39, 0.29) is 5.56 Å². The first kappa shape index (κ1) is 18.8. The Bertz CT molecular complexity index is 800. The SMILES string of the molecule is Cc1ccc2on(CCC3CCCN(CC4CCCCC4)CC3)c(=O)c2c1. The van der Waals surface area contributed by atoms with E-state index in [0.717, 1.165) is 23.3 Å². The van der Waals surface area contributed by atoms with E-state index in [2.05, 4.69) is 4.90 Å². The minimum Gasteiger partial charge on any atom is -0.376 e. The minimum absolute atomic E-state index is 0.0289. The van der Waals surface area contributed by atoms with E-state index >= 15 is 0 Å². The maximum atomic E-state index is 12.6. The van der Waals surface area contributed by atoms with Crippen molar-refractivity contribution in [3.8, 4) is 0 Å². The number of hydrogen-bond donors (Lipinski definition) is 0. The van der Waals surface area contributed by atoms with Crippen molar-refractivity contribution < 1.29 is 4.52 Å². The second-order valence-electron chi connectivity index (χ2n) is 8.89. The predicted octanol–water partition coefficient (Wildman–Crippen LogP) is 4.98. The Morgan fingerprint density at radius 2 is 1.81 bits per heavy atom. The molecular formula is C23H34N2O2. The van der Waals surface area contributed by atoms with Crippen molar-refractivity contribution in [3.63, 3.8) is 0 Å². The van der Waals surface area contributed by atoms with Crippen molar-refractivity contribution in [2.24, 2.45) is 11.8 Å². The van der Waals surface area contributed by atoms with Gasteiger partial charge in [0, 0.05) is 6.54 Å². The highest BCUT2D eigenvalue weighted by Crippen LogP contribution is 2.27. The summed E-state index contributed by atoms with van der Waals surface area (Å²) in [6, 6.07) is 5.85. The van der Waals surface area contributed by atoms with Crippen LogP contribution < -0.4 is 5.56 Å². The molecule has 1 atom stereocenters. The molecule has 4 rings (SSSR count). The lowest BCUT2D eigenvalue weighted by molar-refractivity contribution is 0.202. The third-order valence-corrected chi connectivity index (χ3v) is 6.72. The summed E-state index contributed by atoms with van der Waals surface area (Å²) < 4.78 is 7.37. The maximum Gasteiger partial charge on any atom is 0.290 e. The summed E-state index contributed by atoms with van der Waals surface area (Å²) in [4.78, 5) is 15.3. The molecule has 148 valence electrons. The lowest BCUT2D eigenvalue weighted by atomic mass is 9.89. The molecular weight excluding hydrogens is 336 g/mol. The summed E-state index contributed by atoms with van der Waals surface area (Å²) in [7, 11) is 0. The molecule has 1 aliphatic carbocycles. The average Bonchev–Trinajstić information content (AvgIpc) is 2.84. The average molecular weight is 371 g/mol. The largest absolute Gasteiger partial charge is 0.376 e. The van der Waals surface area contributed by atoms with Crippen LogP contribution in [0.4, 0.5) is 0 Å². The predicted molar refractivity (Wildman–Crippen MR) is 110 cm³/mol. The van der Waals surface area contributed by atoms with Gasteiger partial charge in [0.15, 0.2) is 5.58 Å². The highest BCUT2D eigenvalue weighted by atomic mass is 16.5. The Balaban J connectivity index is 1.30. The van der Waals surface area contributed by atoms with Gasteiger partial charge in [-0.3, -0.25) is 4.79 Å². The lowest BCUT2D eigenvalue weighted by Gasteiger charge is -2.28. The first-order valence-corrected chi connectivity index (χ1v) is 11.0. The normalized spacial score (nSPS) is 22.9. The fourth-order valence-corrected chi connectivity index (χ4v) is 5.06. The van der Waals surface area contributed by atoms with Gasteiger partial charge in [0.2, 0.25) is 0 Å². The Labute approximate surface area is 162 Å². The van der Waals surface area contributed by atoms with E-state index in [1.165, 1.54) is 71.0 Å². The van der Waals surface area contributed by atoms with Gasteiger partial charge >= 0.3 is 0 Å². The molecule has 4 nitrogen and oxygen atoms in total. The molecule has 1 unspecified atom stereocenters. The molecule has 2 heterocycles. The van der Waals surface area contributed by atoms with Crippen molar-refractivity contribution in [3.05, 3.63) is 34.1 Å². The van der Waals surface area contributed by atoms with E-state index in [4.69, 9.17) is 4.52 Å². The zero-order chi connectivity index (χ0) is 18.6. The van der Waals surface area contributed by atoms with Crippen LogP contribution in [0.1, 0.15) is 63.4 Å². The molecule has 2 aliphatic rings. The number of aromatic nitrogens is 1. The molecule has 27 heavy (non-hydrogen) atoms. The number of rotatable bonds is 5. The second-order valence-corrected chi connectivity index (χ2v) is 8.89. The Morgan fingerprint density at radius 1 is 1.00 bits per heavy atom. The van der Waals surface area contributed by atoms with Crippen LogP contribution in [-0.4, -0.2) is 29.3 Å². The Kier molecular flexibility index (Phi) is 6.01. The second kappa shape index (κ2) is 8.64. The van der Waals surface area contributed by atoms with Gasteiger partial charge in [0.05, 0.1) is 11.9 Å². The number of likely N-dealkylation sites (tertiary alicyclic amines) is 1. The van der Waals surface area contributed by atoms with Crippen LogP contribution in [0.3, 0.4) is 0 Å². The van der Waals surface area contributed by atoms with Gasteiger partial charge in [-0.2, -0.15) is 4.74 Å². The summed E-state index contributed by atoms with van der Waals surface area (Å²) in [5, 5.41) is 0.717. The topological polar surface area (TPSA) is 38.4 Å². The molecule has 1 saturated carbocycles. The molecule has 0 bridgehead atoms. The monoisotopic (exact) mass is 370 g/mol. The summed E-state index contributed by atoms with van der Waals surface area (Å²) in [5.74, 6) is 1.65. The summed E-state index contributed by atoms with van der Waals surface area (Å²) in [6.45, 7) is 6.53. The molecule has 1 aliphatic heterocycles. The Hall–Kier alpha value is -1.55. The highest BCUT2D eigenvalue weighted by Gasteiger charge is 2.21. The molecule has 0 amide bonds. The van der Waals surface area contributed by atoms with Crippen LogP contribution in [0.25, 0.3) is 11.0 Å². The summed E-state index contributed by atoms with van der Waals surface area (Å²) in [6.07, 6.45) is 12.1. The van der Waals surface area contributed by atoms with Gasteiger partial charge in [-0.15, -0.1) is 0 Å². The van der Waals surface area contributed by atoms with Crippen molar-refractivity contribution >= 4 is 11.0 Å². The third kappa shape index (κ3) is 4.66. The minimum atomic E-state index is 0.0289. The molecule has 1 saturated heterocycles. The summed E-state index contributed by atoms with van der Waals surface area (Å²) >= 11 is 0. The number of hydrogen-bond acceptors (Lipinski definition) is 3. The maximum absolute atomic E-state index is 12.6. The van der Waals surface area contributed by atoms with Gasteiger partial charge in [0.25, 0.3) is 5.56 Å². The van der Waals surface area contributed by atoms with Gasteiger partial charge in [-0.1, -0.05) is 30.9 Å². The van der Waals surface area contributed by atoms with Gasteiger partial charge in [0.1, 0.15) is 0 Å². The van der Waals surface area contributed by atoms with Crippen molar-refractivity contribution in [2.75, 3.05) is 19.6 Å². The molecule has 4 heteroatoms. The van der Waals surface area contributed by atoms with Crippen LogP contribution in [0, 0.1) is 18.8 Å². The number of benzene rings is 1. The fourth-order valence-electron chi connectivity index (χ4n) is 5.06. The molecule has 1 aromatic carbocycles. The first-order chi connectivity index (χ1) is 13.2. The summed E-state index contributed by atoms with van der Waals surface area (Å²) in [5.41, 5.74) is 1.85. The van der Waals surface area contributed by atoms with E-state index in [1.54, 1.807) is 4.74 Å². The van der Waals surface area contributed by atoms with Crippen LogP contribution in [-0.2, 0) is 6.54 Å². The molecule has 2 fully saturated rings. The standard InChI is InChI=1S/C23H34N2O2/c1-18-9-10-22-21(16-18)23(26)25(27-22)15-12-19-8-5-13-24(14-11-19)17-20-6-3-2-4-7-20/h9-10,16,19-20H,2-8,11-15,17H2,1H3. The quantitative estimate of drug-likeness (QED) is 0.745. The smallest absolute Gasteiger partial charge is 0.290 e. The van der Waals surface area contributed by atoms with Gasteiger partial charge < -0.3 is 9.42 Å². The van der Waals surface area contributed by atoms with Crippen LogP contribution in [0.15, 0.2) is 27.5 Å². The van der Waals surface area contributed by atoms with Gasteiger partial charge in [-0.25, -0.2) is 0 Å². The molecule has 0 N–H and O–H groups in total. The number of aryl methyl sites for hydroxylation is 2. The van der Waals surface area contributed by atoms with E-state index < -0.39 is 0 Å². The zero-order valence-electron chi connectivity index (χ0n) is 16.8. The zero-order valence-corrected chi connectivity index (χ0v) is 16.8. The molecule has 2 aromatic rings. The Morgan fingerprint density at radius 3 is 2.67 bits per heavy atom. The van der Waals surface area contributed by atoms with Crippen molar-refractivity contribution in [1.29, 1.82) is 0 Å². The van der Waals surface area contributed by atoms with E-state index in [0.29, 0.717) is 18.0 Å². The van der Waals surface area contributed by atoms with Crippen LogP contribution in [0.5, 0.6) is 0 Å². The first-order valence-electron chi connectivity index (χ1n) is 11.0. The number of nitrogens with zero attached hydrogens (tertiary/aromatic N) is 2. The van der Waals surface area contributed by atoms with Crippen LogP contribution >= 0.6 is 0 Å². The van der Waals surface area contributed by atoms with Crippen LogP contribution in [0.2, 0.25) is 0 Å². The third-order valence-electron chi connectivity index (χ3n) is 6.72. The molecule has 0 spiro atoms. The van der Waals surface area contributed by atoms with Crippen molar-refractivity contribution in [2.45, 2.75) is 71.3 Å². The fraction of sp³-hybridized carbons (Fsp3) is 0.696. The number of fused-ring (bicyclic) bond motifs is 1. The molecule has 0 radical (unpaired) electrons. The lowest BCUT2D eigenvalue weighted by Crippen LogP contribution is -2.31. The van der Waals surface area contributed by atoms with E-state index in [9.17, 15) is 4.79 Å². The molecule has 1 aromatic heterocycles.